The maximum absolute atomic E-state index is 12.8. The van der Waals surface area contributed by atoms with Gasteiger partial charge in [0.2, 0.25) is 10.0 Å². The fourth-order valence-electron chi connectivity index (χ4n) is 2.81. The zero-order chi connectivity index (χ0) is 19.6. The van der Waals surface area contributed by atoms with Crippen LogP contribution in [-0.2, 0) is 10.0 Å². The summed E-state index contributed by atoms with van der Waals surface area (Å²) >= 11 is 0. The Morgan fingerprint density at radius 1 is 1.11 bits per heavy atom. The van der Waals surface area contributed by atoms with Gasteiger partial charge in [0.25, 0.3) is 5.91 Å². The number of sulfonamides is 1. The van der Waals surface area contributed by atoms with Gasteiger partial charge in [0.1, 0.15) is 13.2 Å². The second kappa shape index (κ2) is 7.48. The molecular weight excluding hydrogens is 368 g/mol. The van der Waals surface area contributed by atoms with Gasteiger partial charge in [-0.3, -0.25) is 9.10 Å². The highest BCUT2D eigenvalue weighted by Gasteiger charge is 2.21. The van der Waals surface area contributed by atoms with Crippen molar-refractivity contribution in [2.75, 3.05) is 30.8 Å². The van der Waals surface area contributed by atoms with Crippen molar-refractivity contribution < 1.29 is 22.7 Å². The second-order valence-corrected chi connectivity index (χ2v) is 8.36. The number of carbonyl (C=O) groups is 1. The standard InChI is InChI=1S/C19H22N2O5S/c1-13(14-8-9-17-18(12-14)26-11-10-25-17)20-19(22)15-6-4-5-7-16(15)21(2)27(3,23)24/h4-9,12-13H,10-11H2,1-3H3,(H,20,22)/t13-/m0/s1. The number of hydrogen-bond donors (Lipinski definition) is 1. The second-order valence-electron chi connectivity index (χ2n) is 6.35. The molecule has 27 heavy (non-hydrogen) atoms. The van der Waals surface area contributed by atoms with Crippen LogP contribution in [0.25, 0.3) is 0 Å². The summed E-state index contributed by atoms with van der Waals surface area (Å²) in [5.41, 5.74) is 1.48. The molecule has 0 aliphatic carbocycles. The van der Waals surface area contributed by atoms with Crippen molar-refractivity contribution in [1.29, 1.82) is 0 Å². The Bertz CT molecular complexity index is 958. The quantitative estimate of drug-likeness (QED) is 0.847. The van der Waals surface area contributed by atoms with Crippen LogP contribution >= 0.6 is 0 Å². The Balaban J connectivity index is 1.82. The van der Waals surface area contributed by atoms with Gasteiger partial charge in [0, 0.05) is 7.05 Å². The molecule has 2 aromatic carbocycles. The third-order valence-corrected chi connectivity index (χ3v) is 5.59. The number of para-hydroxylation sites is 1. The predicted octanol–water partition coefficient (Wildman–Crippen LogP) is 2.34. The summed E-state index contributed by atoms with van der Waals surface area (Å²) < 4.78 is 35.9. The number of nitrogens with one attached hydrogen (secondary N) is 1. The van der Waals surface area contributed by atoms with Crippen LogP contribution in [0, 0.1) is 0 Å². The summed E-state index contributed by atoms with van der Waals surface area (Å²) in [6.07, 6.45) is 1.10. The number of benzene rings is 2. The summed E-state index contributed by atoms with van der Waals surface area (Å²) in [7, 11) is -2.06. The van der Waals surface area contributed by atoms with E-state index in [9.17, 15) is 13.2 Å². The molecule has 0 aromatic heterocycles. The number of hydrogen-bond acceptors (Lipinski definition) is 5. The van der Waals surface area contributed by atoms with E-state index in [4.69, 9.17) is 9.47 Å². The minimum Gasteiger partial charge on any atom is -0.486 e. The fraction of sp³-hybridized carbons (Fsp3) is 0.316. The van der Waals surface area contributed by atoms with Crippen LogP contribution in [0.1, 0.15) is 28.9 Å². The molecule has 0 fully saturated rings. The van der Waals surface area contributed by atoms with E-state index >= 15 is 0 Å². The van der Waals surface area contributed by atoms with Crippen LogP contribution in [0.2, 0.25) is 0 Å². The molecule has 1 amide bonds. The molecule has 7 nitrogen and oxygen atoms in total. The van der Waals surface area contributed by atoms with E-state index < -0.39 is 10.0 Å². The Hall–Kier alpha value is -2.74. The number of fused-ring (bicyclic) bond motifs is 1. The average molecular weight is 390 g/mol. The SMILES string of the molecule is C[C@H](NC(=O)c1ccccc1N(C)S(C)(=O)=O)c1ccc2c(c1)OCCO2. The number of rotatable bonds is 5. The molecule has 8 heteroatoms. The van der Waals surface area contributed by atoms with Crippen molar-refractivity contribution in [2.24, 2.45) is 0 Å². The molecule has 0 saturated heterocycles. The Morgan fingerprint density at radius 2 is 1.78 bits per heavy atom. The average Bonchev–Trinajstić information content (AvgIpc) is 2.66. The number of amides is 1. The first kappa shape index (κ1) is 19.0. The zero-order valence-corrected chi connectivity index (χ0v) is 16.2. The number of anilines is 1. The van der Waals surface area contributed by atoms with Gasteiger partial charge in [-0.1, -0.05) is 18.2 Å². The monoisotopic (exact) mass is 390 g/mol. The van der Waals surface area contributed by atoms with Gasteiger partial charge in [-0.2, -0.15) is 0 Å². The number of nitrogens with zero attached hydrogens (tertiary/aromatic N) is 1. The van der Waals surface area contributed by atoms with E-state index in [1.165, 1.54) is 7.05 Å². The first-order valence-electron chi connectivity index (χ1n) is 8.50. The van der Waals surface area contributed by atoms with E-state index in [0.29, 0.717) is 30.4 Å². The van der Waals surface area contributed by atoms with E-state index in [2.05, 4.69) is 5.32 Å². The highest BCUT2D eigenvalue weighted by Crippen LogP contribution is 2.32. The lowest BCUT2D eigenvalue weighted by Gasteiger charge is -2.22. The lowest BCUT2D eigenvalue weighted by molar-refractivity contribution is 0.0940. The molecule has 0 spiro atoms. The van der Waals surface area contributed by atoms with E-state index in [0.717, 1.165) is 16.1 Å². The molecule has 1 atom stereocenters. The van der Waals surface area contributed by atoms with Gasteiger partial charge in [0.15, 0.2) is 11.5 Å². The maximum atomic E-state index is 12.8. The van der Waals surface area contributed by atoms with Crippen molar-refractivity contribution in [2.45, 2.75) is 13.0 Å². The maximum Gasteiger partial charge on any atom is 0.253 e. The lowest BCUT2D eigenvalue weighted by atomic mass is 10.1. The Kier molecular flexibility index (Phi) is 5.27. The third kappa shape index (κ3) is 4.16. The first-order valence-corrected chi connectivity index (χ1v) is 10.4. The minimum absolute atomic E-state index is 0.287. The summed E-state index contributed by atoms with van der Waals surface area (Å²) in [6, 6.07) is 11.8. The van der Waals surface area contributed by atoms with E-state index in [1.54, 1.807) is 24.3 Å². The van der Waals surface area contributed by atoms with Crippen molar-refractivity contribution >= 4 is 21.6 Å². The van der Waals surface area contributed by atoms with Gasteiger partial charge in [-0.15, -0.1) is 0 Å². The smallest absolute Gasteiger partial charge is 0.253 e. The molecule has 1 N–H and O–H groups in total. The molecular formula is C19H22N2O5S. The van der Waals surface area contributed by atoms with E-state index in [-0.39, 0.29) is 17.5 Å². The summed E-state index contributed by atoms with van der Waals surface area (Å²) in [4.78, 5) is 12.8. The van der Waals surface area contributed by atoms with Crippen LogP contribution in [0.15, 0.2) is 42.5 Å². The van der Waals surface area contributed by atoms with Crippen LogP contribution < -0.4 is 19.1 Å². The fourth-order valence-corrected chi connectivity index (χ4v) is 3.32. The van der Waals surface area contributed by atoms with E-state index in [1.807, 2.05) is 25.1 Å². The zero-order valence-electron chi connectivity index (χ0n) is 15.4. The molecule has 2 aromatic rings. The summed E-state index contributed by atoms with van der Waals surface area (Å²) in [5, 5.41) is 2.91. The molecule has 144 valence electrons. The molecule has 1 aliphatic rings. The van der Waals surface area contributed by atoms with Crippen LogP contribution in [0.5, 0.6) is 11.5 Å². The first-order chi connectivity index (χ1) is 12.8. The van der Waals surface area contributed by atoms with Crippen molar-refractivity contribution in [1.82, 2.24) is 5.32 Å². The van der Waals surface area contributed by atoms with Crippen LogP contribution in [-0.4, -0.2) is 40.8 Å². The van der Waals surface area contributed by atoms with Gasteiger partial charge < -0.3 is 14.8 Å². The Labute approximate surface area is 158 Å². The molecule has 1 heterocycles. The minimum atomic E-state index is -3.48. The summed E-state index contributed by atoms with van der Waals surface area (Å²) in [6.45, 7) is 2.86. The molecule has 0 saturated carbocycles. The molecule has 0 radical (unpaired) electrons. The largest absolute Gasteiger partial charge is 0.486 e. The normalized spacial score (nSPS) is 14.3. The molecule has 3 rings (SSSR count). The van der Waals surface area contributed by atoms with Crippen LogP contribution in [0.4, 0.5) is 5.69 Å². The van der Waals surface area contributed by atoms with Crippen molar-refractivity contribution in [3.8, 4) is 11.5 Å². The van der Waals surface area contributed by atoms with Crippen LogP contribution in [0.3, 0.4) is 0 Å². The lowest BCUT2D eigenvalue weighted by Crippen LogP contribution is -2.31. The van der Waals surface area contributed by atoms with Crippen molar-refractivity contribution in [3.05, 3.63) is 53.6 Å². The molecule has 1 aliphatic heterocycles. The topological polar surface area (TPSA) is 84.9 Å². The summed E-state index contributed by atoms with van der Waals surface area (Å²) in [5.74, 6) is 0.976. The van der Waals surface area contributed by atoms with Gasteiger partial charge in [-0.05, 0) is 36.8 Å². The third-order valence-electron chi connectivity index (χ3n) is 4.40. The predicted molar refractivity (Wildman–Crippen MR) is 103 cm³/mol. The van der Waals surface area contributed by atoms with Gasteiger partial charge in [-0.25, -0.2) is 8.42 Å². The highest BCUT2D eigenvalue weighted by molar-refractivity contribution is 7.92. The van der Waals surface area contributed by atoms with Gasteiger partial charge >= 0.3 is 0 Å². The van der Waals surface area contributed by atoms with Crippen molar-refractivity contribution in [3.63, 3.8) is 0 Å². The van der Waals surface area contributed by atoms with Gasteiger partial charge in [0.05, 0.1) is 23.5 Å². The number of ether oxygens (including phenoxy) is 2. The molecule has 0 unspecified atom stereocenters. The Morgan fingerprint density at radius 3 is 2.48 bits per heavy atom. The molecule has 0 bridgehead atoms. The highest BCUT2D eigenvalue weighted by atomic mass is 32.2. The number of carbonyl (C=O) groups excluding carboxylic acids is 1.